The summed E-state index contributed by atoms with van der Waals surface area (Å²) < 4.78 is 9.03. The number of rotatable bonds is 12. The smallest absolute Gasteiger partial charge is 0.267 e. The molecule has 0 saturated carbocycles. The van der Waals surface area contributed by atoms with Gasteiger partial charge in [0.1, 0.15) is 11.6 Å². The molecule has 0 atom stereocenters. The number of amides is 1. The molecule has 46 heavy (non-hydrogen) atoms. The number of morpholine rings is 1. The van der Waals surface area contributed by atoms with Crippen LogP contribution >= 0.6 is 11.3 Å². The molecule has 6 rings (SSSR count). The van der Waals surface area contributed by atoms with Gasteiger partial charge in [-0.1, -0.05) is 13.0 Å². The molecule has 0 aliphatic carbocycles. The zero-order chi connectivity index (χ0) is 32.0. The molecule has 3 N–H and O–H groups in total. The molecule has 5 aromatic rings. The third-order valence-electron chi connectivity index (χ3n) is 7.99. The van der Waals surface area contributed by atoms with Crippen LogP contribution in [0.25, 0.3) is 38.7 Å². The number of anilines is 2. The van der Waals surface area contributed by atoms with Gasteiger partial charge in [0.25, 0.3) is 5.91 Å². The van der Waals surface area contributed by atoms with Gasteiger partial charge in [0.05, 0.1) is 34.5 Å². The minimum absolute atomic E-state index is 0.569. The van der Waals surface area contributed by atoms with Crippen molar-refractivity contribution in [3.8, 4) is 11.4 Å². The lowest BCUT2D eigenvalue weighted by molar-refractivity contribution is -0.124. The average Bonchev–Trinajstić information content (AvgIpc) is 3.65. The number of benzene rings is 1. The Morgan fingerprint density at radius 1 is 1.13 bits per heavy atom. The largest absolute Gasteiger partial charge is 0.378 e. The third-order valence-corrected chi connectivity index (χ3v) is 9.09. The predicted octanol–water partition coefficient (Wildman–Crippen LogP) is 4.58. The molecule has 1 amide bonds. The second-order valence-electron chi connectivity index (χ2n) is 11.3. The van der Waals surface area contributed by atoms with Crippen molar-refractivity contribution in [3.63, 3.8) is 0 Å². The Balaban J connectivity index is 1.22. The summed E-state index contributed by atoms with van der Waals surface area (Å²) in [6, 6.07) is 12.1. The summed E-state index contributed by atoms with van der Waals surface area (Å²) in [5.41, 5.74) is 6.26. The van der Waals surface area contributed by atoms with Gasteiger partial charge >= 0.3 is 0 Å². The van der Waals surface area contributed by atoms with Crippen molar-refractivity contribution in [2.75, 3.05) is 57.2 Å². The molecule has 0 radical (unpaired) electrons. The SMILES string of the molecule is CCCc1nc2cc(C=CC(=O)NO)ccc2n1CCN(C)Cc1cc2nc(-c3ccc(NC)nc3)nc(N3CCOCC3)c2s1. The molecular weight excluding hydrogens is 602 g/mol. The molecule has 0 unspecified atom stereocenters. The highest BCUT2D eigenvalue weighted by atomic mass is 32.1. The molecule has 1 saturated heterocycles. The number of hydrogen-bond acceptors (Lipinski definition) is 11. The van der Waals surface area contributed by atoms with Gasteiger partial charge in [-0.3, -0.25) is 14.9 Å². The van der Waals surface area contributed by atoms with Crippen LogP contribution in [0.2, 0.25) is 0 Å². The van der Waals surface area contributed by atoms with Gasteiger partial charge in [-0.05, 0) is 55.4 Å². The number of ether oxygens (including phenoxy) is 1. The van der Waals surface area contributed by atoms with Gasteiger partial charge in [0.15, 0.2) is 11.6 Å². The van der Waals surface area contributed by atoms with Crippen molar-refractivity contribution in [2.45, 2.75) is 32.9 Å². The molecule has 240 valence electrons. The van der Waals surface area contributed by atoms with E-state index in [1.807, 2.05) is 37.5 Å². The number of carbonyl (C=O) groups excluding carboxylic acids is 1. The molecular formula is C33H39N9O3S. The first kappa shape index (κ1) is 31.5. The van der Waals surface area contributed by atoms with E-state index in [4.69, 9.17) is 24.9 Å². The summed E-state index contributed by atoms with van der Waals surface area (Å²) in [7, 11) is 4.00. The second kappa shape index (κ2) is 14.3. The standard InChI is InChI=1S/C33H39N9O3S/c1-4-5-29-36-25-18-22(7-11-30(43)39-44)6-9-27(25)42(29)13-12-40(3)21-24-19-26-31(46-24)33(41-14-16-45-17-15-41)38-32(37-26)23-8-10-28(34-2)35-20-23/h6-11,18-20,44H,4-5,12-17,21H2,1-3H3,(H,34,35)(H,39,43). The topological polar surface area (TPSA) is 134 Å². The predicted molar refractivity (Wildman–Crippen MR) is 182 cm³/mol. The highest BCUT2D eigenvalue weighted by Crippen LogP contribution is 2.35. The van der Waals surface area contributed by atoms with E-state index in [0.717, 1.165) is 95.4 Å². The molecule has 13 heteroatoms. The number of hydrogen-bond donors (Lipinski definition) is 3. The molecule has 1 aromatic carbocycles. The van der Waals surface area contributed by atoms with Crippen molar-refractivity contribution in [2.24, 2.45) is 0 Å². The summed E-state index contributed by atoms with van der Waals surface area (Å²) in [6.45, 7) is 7.54. The first-order valence-corrected chi connectivity index (χ1v) is 16.3. The van der Waals surface area contributed by atoms with E-state index in [1.165, 1.54) is 11.0 Å². The van der Waals surface area contributed by atoms with Crippen LogP contribution in [0.15, 0.2) is 48.7 Å². The Bertz CT molecular complexity index is 1850. The number of imidazole rings is 1. The molecule has 4 aromatic heterocycles. The summed E-state index contributed by atoms with van der Waals surface area (Å²) in [4.78, 5) is 36.7. The van der Waals surface area contributed by atoms with Crippen molar-refractivity contribution >= 4 is 56.2 Å². The number of pyridine rings is 1. The van der Waals surface area contributed by atoms with Crippen LogP contribution < -0.4 is 15.7 Å². The van der Waals surface area contributed by atoms with Gasteiger partial charge in [-0.25, -0.2) is 25.4 Å². The average molecular weight is 642 g/mol. The van der Waals surface area contributed by atoms with Gasteiger partial charge in [-0.15, -0.1) is 11.3 Å². The second-order valence-corrected chi connectivity index (χ2v) is 12.4. The van der Waals surface area contributed by atoms with Gasteiger partial charge in [-0.2, -0.15) is 0 Å². The maximum atomic E-state index is 11.4. The number of aromatic nitrogens is 5. The Labute approximate surface area is 271 Å². The van der Waals surface area contributed by atoms with Crippen molar-refractivity contribution in [1.29, 1.82) is 0 Å². The quantitative estimate of drug-likeness (QED) is 0.101. The van der Waals surface area contributed by atoms with Gasteiger partial charge < -0.3 is 19.5 Å². The van der Waals surface area contributed by atoms with Crippen LogP contribution in [0.3, 0.4) is 0 Å². The fourth-order valence-corrected chi connectivity index (χ4v) is 6.82. The summed E-state index contributed by atoms with van der Waals surface area (Å²) in [5.74, 6) is 2.92. The lowest BCUT2D eigenvalue weighted by Gasteiger charge is -2.28. The Hall–Kier alpha value is -4.43. The molecule has 1 aliphatic heterocycles. The zero-order valence-corrected chi connectivity index (χ0v) is 27.2. The molecule has 12 nitrogen and oxygen atoms in total. The molecule has 0 spiro atoms. The normalized spacial score (nSPS) is 13.8. The minimum Gasteiger partial charge on any atom is -0.378 e. The Morgan fingerprint density at radius 2 is 1.98 bits per heavy atom. The maximum absolute atomic E-state index is 11.4. The number of likely N-dealkylation sites (N-methyl/N-ethyl adjacent to an activating group) is 1. The third kappa shape index (κ3) is 7.02. The van der Waals surface area contributed by atoms with Crippen LogP contribution in [0.5, 0.6) is 0 Å². The number of thiophene rings is 1. The fraction of sp³-hybridized carbons (Fsp3) is 0.364. The van der Waals surface area contributed by atoms with Crippen LogP contribution in [0.1, 0.15) is 29.6 Å². The maximum Gasteiger partial charge on any atom is 0.267 e. The zero-order valence-electron chi connectivity index (χ0n) is 26.4. The van der Waals surface area contributed by atoms with Gasteiger partial charge in [0.2, 0.25) is 0 Å². The number of nitrogens with zero attached hydrogens (tertiary/aromatic N) is 7. The van der Waals surface area contributed by atoms with Crippen LogP contribution in [0.4, 0.5) is 11.6 Å². The molecule has 0 bridgehead atoms. The van der Waals surface area contributed by atoms with E-state index in [-0.39, 0.29) is 0 Å². The Morgan fingerprint density at radius 3 is 2.72 bits per heavy atom. The number of nitrogens with one attached hydrogen (secondary N) is 2. The minimum atomic E-state index is -0.569. The lowest BCUT2D eigenvalue weighted by Crippen LogP contribution is -2.36. The van der Waals surface area contributed by atoms with Crippen molar-refractivity contribution in [1.82, 2.24) is 34.9 Å². The van der Waals surface area contributed by atoms with Crippen molar-refractivity contribution < 1.29 is 14.7 Å². The first-order valence-electron chi connectivity index (χ1n) is 15.5. The molecule has 1 fully saturated rings. The van der Waals surface area contributed by atoms with Crippen LogP contribution in [-0.4, -0.2) is 87.5 Å². The summed E-state index contributed by atoms with van der Waals surface area (Å²) in [6.07, 6.45) is 6.65. The number of fused-ring (bicyclic) bond motifs is 2. The molecule has 5 heterocycles. The first-order chi connectivity index (χ1) is 22.4. The number of carbonyl (C=O) groups is 1. The van der Waals surface area contributed by atoms with E-state index in [9.17, 15) is 4.79 Å². The number of aryl methyl sites for hydroxylation is 1. The highest BCUT2D eigenvalue weighted by molar-refractivity contribution is 7.19. The van der Waals surface area contributed by atoms with E-state index in [0.29, 0.717) is 19.0 Å². The van der Waals surface area contributed by atoms with Gasteiger partial charge in [0, 0.05) is 68.9 Å². The van der Waals surface area contributed by atoms with Crippen LogP contribution in [0, 0.1) is 0 Å². The van der Waals surface area contributed by atoms with Crippen LogP contribution in [-0.2, 0) is 29.0 Å². The van der Waals surface area contributed by atoms with E-state index in [2.05, 4.69) is 50.8 Å². The molecule has 1 aliphatic rings. The monoisotopic (exact) mass is 641 g/mol. The number of hydroxylamine groups is 1. The van der Waals surface area contributed by atoms with Crippen molar-refractivity contribution in [3.05, 3.63) is 64.9 Å². The summed E-state index contributed by atoms with van der Waals surface area (Å²) in [5, 5.41) is 11.8. The Kier molecular flexibility index (Phi) is 9.83. The summed E-state index contributed by atoms with van der Waals surface area (Å²) >= 11 is 1.76. The van der Waals surface area contributed by atoms with E-state index >= 15 is 0 Å². The lowest BCUT2D eigenvalue weighted by atomic mass is 10.2. The fourth-order valence-electron chi connectivity index (χ4n) is 5.62. The highest BCUT2D eigenvalue weighted by Gasteiger charge is 2.21. The van der Waals surface area contributed by atoms with E-state index < -0.39 is 5.91 Å². The van der Waals surface area contributed by atoms with E-state index in [1.54, 1.807) is 22.9 Å².